The first kappa shape index (κ1) is 16.2. The van der Waals surface area contributed by atoms with E-state index in [1.807, 2.05) is 4.90 Å². The normalized spacial score (nSPS) is 17.2. The number of ether oxygens (including phenoxy) is 1. The molecule has 1 aromatic carbocycles. The molecular formula is C14H21FN2O3S. The second kappa shape index (κ2) is 6.72. The van der Waals surface area contributed by atoms with Gasteiger partial charge in [0.15, 0.2) is 15.7 Å². The van der Waals surface area contributed by atoms with E-state index >= 15 is 0 Å². The maximum Gasteiger partial charge on any atom is 0.178 e. The van der Waals surface area contributed by atoms with E-state index < -0.39 is 15.7 Å². The summed E-state index contributed by atoms with van der Waals surface area (Å²) in [5, 5.41) is 0. The lowest BCUT2D eigenvalue weighted by atomic mass is 10.2. The topological polar surface area (TPSA) is 49.9 Å². The molecule has 118 valence electrons. The summed E-state index contributed by atoms with van der Waals surface area (Å²) in [6.07, 6.45) is 1.03. The Bertz CT molecular complexity index is 584. The van der Waals surface area contributed by atoms with Crippen molar-refractivity contribution in [2.24, 2.45) is 0 Å². The number of hydrogen-bond donors (Lipinski definition) is 0. The summed E-state index contributed by atoms with van der Waals surface area (Å²) < 4.78 is 42.6. The Balaban J connectivity index is 2.11. The van der Waals surface area contributed by atoms with Crippen molar-refractivity contribution in [3.05, 3.63) is 24.0 Å². The summed E-state index contributed by atoms with van der Waals surface area (Å²) in [7, 11) is -1.88. The van der Waals surface area contributed by atoms with E-state index in [2.05, 4.69) is 4.90 Å². The molecule has 1 heterocycles. The number of anilines is 1. The fourth-order valence-corrected chi connectivity index (χ4v) is 3.22. The molecule has 1 aliphatic rings. The van der Waals surface area contributed by atoms with E-state index in [-0.39, 0.29) is 4.90 Å². The smallest absolute Gasteiger partial charge is 0.178 e. The monoisotopic (exact) mass is 316 g/mol. The number of halogens is 1. The summed E-state index contributed by atoms with van der Waals surface area (Å²) in [5.41, 5.74) is 0.365. The van der Waals surface area contributed by atoms with Crippen LogP contribution in [0.3, 0.4) is 0 Å². The Morgan fingerprint density at radius 3 is 2.48 bits per heavy atom. The van der Waals surface area contributed by atoms with Gasteiger partial charge in [0.2, 0.25) is 0 Å². The molecule has 1 aliphatic heterocycles. The summed E-state index contributed by atoms with van der Waals surface area (Å²) in [5.74, 6) is -0.648. The highest BCUT2D eigenvalue weighted by Gasteiger charge is 2.23. The van der Waals surface area contributed by atoms with Crippen LogP contribution in [0.1, 0.15) is 0 Å². The molecule has 0 radical (unpaired) electrons. The van der Waals surface area contributed by atoms with Crippen molar-refractivity contribution >= 4 is 15.5 Å². The molecule has 1 fully saturated rings. The third-order valence-corrected chi connectivity index (χ3v) is 4.78. The van der Waals surface area contributed by atoms with E-state index in [0.717, 1.165) is 25.9 Å². The van der Waals surface area contributed by atoms with Crippen LogP contribution in [-0.4, -0.2) is 66.0 Å². The molecule has 7 heteroatoms. The minimum absolute atomic E-state index is 0.234. The van der Waals surface area contributed by atoms with Gasteiger partial charge in [0.05, 0.1) is 12.3 Å². The van der Waals surface area contributed by atoms with Crippen LogP contribution in [0.15, 0.2) is 23.1 Å². The van der Waals surface area contributed by atoms with E-state index in [1.165, 1.54) is 6.07 Å². The maximum absolute atomic E-state index is 14.4. The van der Waals surface area contributed by atoms with Gasteiger partial charge in [-0.15, -0.1) is 0 Å². The zero-order chi connectivity index (χ0) is 15.5. The molecule has 1 saturated heterocycles. The summed E-state index contributed by atoms with van der Waals surface area (Å²) in [4.78, 5) is 3.91. The fraction of sp³-hybridized carbons (Fsp3) is 0.571. The maximum atomic E-state index is 14.4. The molecule has 0 bridgehead atoms. The summed E-state index contributed by atoms with van der Waals surface area (Å²) >= 11 is 0. The summed E-state index contributed by atoms with van der Waals surface area (Å²) in [6, 6.07) is 4.53. The molecule has 0 atom stereocenters. The number of hydrogen-bond acceptors (Lipinski definition) is 5. The lowest BCUT2D eigenvalue weighted by Crippen LogP contribution is -2.47. The second-order valence-corrected chi connectivity index (χ2v) is 7.17. The number of methoxy groups -OCH3 is 1. The first-order valence-electron chi connectivity index (χ1n) is 6.88. The van der Waals surface area contributed by atoms with Gasteiger partial charge in [-0.25, -0.2) is 12.8 Å². The molecular weight excluding hydrogens is 295 g/mol. The molecule has 0 aliphatic carbocycles. The minimum Gasteiger partial charge on any atom is -0.383 e. The molecule has 0 saturated carbocycles. The molecule has 21 heavy (non-hydrogen) atoms. The average Bonchev–Trinajstić information content (AvgIpc) is 2.45. The number of sulfone groups is 1. The van der Waals surface area contributed by atoms with Gasteiger partial charge in [0, 0.05) is 46.1 Å². The van der Waals surface area contributed by atoms with Crippen molar-refractivity contribution in [3.8, 4) is 0 Å². The average molecular weight is 316 g/mol. The molecule has 2 rings (SSSR count). The SMILES string of the molecule is COCCN1CCN(c2cccc(S(C)(=O)=O)c2F)CC1. The van der Waals surface area contributed by atoms with Crippen molar-refractivity contribution in [1.82, 2.24) is 4.90 Å². The van der Waals surface area contributed by atoms with E-state index in [0.29, 0.717) is 25.4 Å². The summed E-state index contributed by atoms with van der Waals surface area (Å²) in [6.45, 7) is 4.51. The van der Waals surface area contributed by atoms with Crippen molar-refractivity contribution in [2.75, 3.05) is 57.6 Å². The number of nitrogens with zero attached hydrogens (tertiary/aromatic N) is 2. The van der Waals surface area contributed by atoms with Gasteiger partial charge in [-0.05, 0) is 12.1 Å². The lowest BCUT2D eigenvalue weighted by Gasteiger charge is -2.36. The van der Waals surface area contributed by atoms with Gasteiger partial charge in [-0.3, -0.25) is 4.90 Å². The number of benzene rings is 1. The predicted octanol–water partition coefficient (Wildman–Crippen LogP) is 0.998. The van der Waals surface area contributed by atoms with Crippen molar-refractivity contribution in [1.29, 1.82) is 0 Å². The highest BCUT2D eigenvalue weighted by Crippen LogP contribution is 2.26. The molecule has 0 unspecified atom stereocenters. The first-order valence-corrected chi connectivity index (χ1v) is 8.77. The Morgan fingerprint density at radius 1 is 1.24 bits per heavy atom. The Labute approximate surface area is 125 Å². The third-order valence-electron chi connectivity index (χ3n) is 3.67. The lowest BCUT2D eigenvalue weighted by molar-refractivity contribution is 0.144. The van der Waals surface area contributed by atoms with Gasteiger partial charge in [0.25, 0.3) is 0 Å². The third kappa shape index (κ3) is 3.93. The van der Waals surface area contributed by atoms with Gasteiger partial charge >= 0.3 is 0 Å². The molecule has 0 spiro atoms. The van der Waals surface area contributed by atoms with Gasteiger partial charge < -0.3 is 9.64 Å². The zero-order valence-electron chi connectivity index (χ0n) is 12.4. The predicted molar refractivity (Wildman–Crippen MR) is 80.0 cm³/mol. The fourth-order valence-electron chi connectivity index (χ4n) is 2.46. The minimum atomic E-state index is -3.55. The largest absolute Gasteiger partial charge is 0.383 e. The first-order chi connectivity index (χ1) is 9.93. The molecule has 1 aromatic rings. The Kier molecular flexibility index (Phi) is 5.18. The van der Waals surface area contributed by atoms with E-state index in [1.54, 1.807) is 19.2 Å². The van der Waals surface area contributed by atoms with Crippen LogP contribution in [-0.2, 0) is 14.6 Å². The second-order valence-electron chi connectivity index (χ2n) is 5.18. The number of rotatable bonds is 5. The molecule has 0 amide bonds. The van der Waals surface area contributed by atoms with Crippen LogP contribution < -0.4 is 4.90 Å². The van der Waals surface area contributed by atoms with E-state index in [4.69, 9.17) is 4.74 Å². The van der Waals surface area contributed by atoms with Crippen LogP contribution in [0.25, 0.3) is 0 Å². The Morgan fingerprint density at radius 2 is 1.90 bits per heavy atom. The van der Waals surface area contributed by atoms with Crippen molar-refractivity contribution in [2.45, 2.75) is 4.90 Å². The molecule has 0 aromatic heterocycles. The molecule has 0 N–H and O–H groups in total. The van der Waals surface area contributed by atoms with Gasteiger partial charge in [-0.2, -0.15) is 0 Å². The van der Waals surface area contributed by atoms with Crippen LogP contribution in [0.4, 0.5) is 10.1 Å². The highest BCUT2D eigenvalue weighted by molar-refractivity contribution is 7.90. The quantitative estimate of drug-likeness (QED) is 0.811. The van der Waals surface area contributed by atoms with Crippen molar-refractivity contribution in [3.63, 3.8) is 0 Å². The van der Waals surface area contributed by atoms with Gasteiger partial charge in [0.1, 0.15) is 4.90 Å². The van der Waals surface area contributed by atoms with Crippen LogP contribution in [0, 0.1) is 5.82 Å². The van der Waals surface area contributed by atoms with E-state index in [9.17, 15) is 12.8 Å². The Hall–Kier alpha value is -1.18. The number of piperazine rings is 1. The highest BCUT2D eigenvalue weighted by atomic mass is 32.2. The van der Waals surface area contributed by atoms with Crippen LogP contribution in [0.5, 0.6) is 0 Å². The van der Waals surface area contributed by atoms with Crippen molar-refractivity contribution < 1.29 is 17.5 Å². The molecule has 5 nitrogen and oxygen atoms in total. The van der Waals surface area contributed by atoms with Crippen LogP contribution in [0.2, 0.25) is 0 Å². The zero-order valence-corrected chi connectivity index (χ0v) is 13.2. The van der Waals surface area contributed by atoms with Gasteiger partial charge in [-0.1, -0.05) is 6.07 Å². The van der Waals surface area contributed by atoms with Crippen LogP contribution >= 0.6 is 0 Å². The standard InChI is InChI=1S/C14H21FN2O3S/c1-20-11-10-16-6-8-17(9-7-16)12-4-3-5-13(14(12)15)21(2,18)19/h3-5H,6-11H2,1-2H3.